The highest BCUT2D eigenvalue weighted by Crippen LogP contribution is 2.42. The smallest absolute Gasteiger partial charge is 0.352 e. The van der Waals surface area contributed by atoms with E-state index in [2.05, 4.69) is 10.1 Å². The Labute approximate surface area is 227 Å². The van der Waals surface area contributed by atoms with E-state index >= 15 is 0 Å². The average molecular weight is 613 g/mol. The summed E-state index contributed by atoms with van der Waals surface area (Å²) in [5.74, 6) is -2.02. The molecule has 17 heteroatoms. The molecule has 3 aromatic rings. The second-order valence-electron chi connectivity index (χ2n) is 9.47. The zero-order chi connectivity index (χ0) is 30.3. The second kappa shape index (κ2) is 11.3. The van der Waals surface area contributed by atoms with E-state index in [-0.39, 0.29) is 35.8 Å². The van der Waals surface area contributed by atoms with Crippen LogP contribution in [0.15, 0.2) is 47.3 Å². The normalized spacial score (nSPS) is 21.2. The first-order chi connectivity index (χ1) is 18.9. The van der Waals surface area contributed by atoms with Gasteiger partial charge in [0, 0.05) is 12.3 Å². The van der Waals surface area contributed by atoms with Crippen LogP contribution in [0.5, 0.6) is 0 Å². The van der Waals surface area contributed by atoms with Crippen molar-refractivity contribution in [3.63, 3.8) is 0 Å². The van der Waals surface area contributed by atoms with Crippen molar-refractivity contribution >= 4 is 7.75 Å². The molecule has 1 fully saturated rings. The summed E-state index contributed by atoms with van der Waals surface area (Å²) in [5, 5.41) is 3.65. The van der Waals surface area contributed by atoms with Crippen molar-refractivity contribution in [1.82, 2.24) is 14.5 Å². The number of ether oxygens (including phenoxy) is 2. The Balaban J connectivity index is 1.68. The summed E-state index contributed by atoms with van der Waals surface area (Å²) in [6, 6.07) is 6.15. The van der Waals surface area contributed by atoms with Crippen molar-refractivity contribution < 1.29 is 54.6 Å². The molecule has 4 atom stereocenters. The Bertz CT molecular complexity index is 1450. The fraction of sp³-hybridized carbons (Fsp3) is 0.417. The number of benzene rings is 2. The van der Waals surface area contributed by atoms with Crippen LogP contribution in [0.4, 0.5) is 30.7 Å². The van der Waals surface area contributed by atoms with Crippen LogP contribution in [0.1, 0.15) is 53.4 Å². The third-order valence-corrected chi connectivity index (χ3v) is 7.36. The number of halogens is 7. The van der Waals surface area contributed by atoms with Crippen LogP contribution in [0.25, 0.3) is 0 Å². The largest absolute Gasteiger partial charge is 0.454 e. The number of rotatable bonds is 7. The summed E-state index contributed by atoms with van der Waals surface area (Å²) in [7, 11) is -5.05. The number of H-pyrrole nitrogens is 1. The third-order valence-electron chi connectivity index (χ3n) is 6.60. The fourth-order valence-electron chi connectivity index (χ4n) is 4.68. The predicted molar refractivity (Wildman–Crippen MR) is 127 cm³/mol. The number of hydrogen-bond donors (Lipinski definition) is 3. The summed E-state index contributed by atoms with van der Waals surface area (Å²) in [6.07, 6.45) is -12.5. The summed E-state index contributed by atoms with van der Waals surface area (Å²) in [6.45, 7) is 1.27. The monoisotopic (exact) mass is 613 g/mol. The van der Waals surface area contributed by atoms with E-state index in [1.54, 1.807) is 0 Å². The molecule has 4 rings (SSSR count). The number of hydrogen-bond acceptors (Lipinski definition) is 5. The van der Waals surface area contributed by atoms with Gasteiger partial charge in [-0.1, -0.05) is 12.1 Å². The van der Waals surface area contributed by atoms with Gasteiger partial charge in [0.05, 0.1) is 23.8 Å². The molecule has 1 aliphatic heterocycles. The quantitative estimate of drug-likeness (QED) is 0.248. The lowest BCUT2D eigenvalue weighted by molar-refractivity contribution is -0.209. The molecule has 1 aromatic heterocycles. The molecule has 2 heterocycles. The predicted octanol–water partition coefficient (Wildman–Crippen LogP) is 5.16. The highest BCUT2D eigenvalue weighted by Gasteiger charge is 2.40. The van der Waals surface area contributed by atoms with Crippen LogP contribution >= 0.6 is 7.75 Å². The number of alkyl halides is 6. The second-order valence-corrected chi connectivity index (χ2v) is 10.9. The van der Waals surface area contributed by atoms with Crippen molar-refractivity contribution in [3.8, 4) is 0 Å². The van der Waals surface area contributed by atoms with E-state index in [1.165, 1.54) is 19.1 Å². The molecule has 0 radical (unpaired) electrons. The highest BCUT2D eigenvalue weighted by molar-refractivity contribution is 7.49. The molecule has 41 heavy (non-hydrogen) atoms. The number of nitrogens with one attached hydrogen (secondary N) is 1. The molecule has 0 aliphatic carbocycles. The summed E-state index contributed by atoms with van der Waals surface area (Å²) in [5.41, 5.74) is -4.17. The minimum atomic E-state index is -5.06. The Morgan fingerprint density at radius 2 is 1.68 bits per heavy atom. The van der Waals surface area contributed by atoms with Gasteiger partial charge in [-0.3, -0.25) is 4.98 Å². The van der Waals surface area contributed by atoms with Gasteiger partial charge in [-0.2, -0.15) is 26.3 Å². The Morgan fingerprint density at radius 3 is 2.20 bits per heavy atom. The van der Waals surface area contributed by atoms with Gasteiger partial charge in [0.25, 0.3) is 0 Å². The zero-order valence-electron chi connectivity index (χ0n) is 21.0. The van der Waals surface area contributed by atoms with Gasteiger partial charge in [0.1, 0.15) is 11.6 Å². The Hall–Kier alpha value is -3.04. The van der Waals surface area contributed by atoms with E-state index in [9.17, 15) is 49.9 Å². The van der Waals surface area contributed by atoms with Gasteiger partial charge in [-0.15, -0.1) is 9.55 Å². The van der Waals surface area contributed by atoms with Gasteiger partial charge < -0.3 is 19.3 Å². The topological polar surface area (TPSA) is 127 Å². The first-order valence-electron chi connectivity index (χ1n) is 12.0. The van der Waals surface area contributed by atoms with Crippen LogP contribution in [-0.4, -0.2) is 37.2 Å². The Kier molecular flexibility index (Phi) is 8.54. The maximum absolute atomic E-state index is 13.7. The molecule has 0 spiro atoms. The molecule has 0 saturated carbocycles. The minimum Gasteiger partial charge on any atom is -0.352 e. The Morgan fingerprint density at radius 1 is 1.10 bits per heavy atom. The van der Waals surface area contributed by atoms with Crippen LogP contribution in [0.3, 0.4) is 0 Å². The summed E-state index contributed by atoms with van der Waals surface area (Å²) in [4.78, 5) is 32.9. The lowest BCUT2D eigenvalue weighted by atomic mass is 9.79. The fourth-order valence-corrected chi connectivity index (χ4v) is 5.19. The van der Waals surface area contributed by atoms with Gasteiger partial charge in [-0.05, 0) is 60.7 Å². The molecule has 1 aliphatic rings. The van der Waals surface area contributed by atoms with E-state index in [4.69, 9.17) is 9.47 Å². The van der Waals surface area contributed by atoms with Crippen LogP contribution in [0, 0.1) is 11.7 Å². The SMILES string of the molecule is C[C@@H](O[C@H]1OCCC(Cc2nn(P(=O)(O)O)c(=O)[nH]2)[C@H]1c1ccc(F)cc1)c1cc(C(F)(F)F)cc(C(F)(F)F)c1. The maximum Gasteiger partial charge on any atom is 0.454 e. The number of aromatic amines is 1. The van der Waals surface area contributed by atoms with E-state index in [0.717, 1.165) is 12.1 Å². The molecular weight excluding hydrogens is 590 g/mol. The first kappa shape index (κ1) is 30.9. The number of aromatic nitrogens is 3. The maximum atomic E-state index is 13.7. The van der Waals surface area contributed by atoms with E-state index < -0.39 is 72.5 Å². The van der Waals surface area contributed by atoms with Crippen molar-refractivity contribution in [2.75, 3.05) is 6.61 Å². The minimum absolute atomic E-state index is 0.00220. The molecule has 9 nitrogen and oxygen atoms in total. The van der Waals surface area contributed by atoms with E-state index in [1.807, 2.05) is 0 Å². The van der Waals surface area contributed by atoms with Gasteiger partial charge >= 0.3 is 25.8 Å². The van der Waals surface area contributed by atoms with Gasteiger partial charge in [-0.25, -0.2) is 13.8 Å². The molecule has 0 bridgehead atoms. The first-order valence-corrected chi connectivity index (χ1v) is 13.6. The molecular formula is C24H23F7N3O6P. The average Bonchev–Trinajstić information content (AvgIpc) is 3.24. The molecule has 2 aromatic carbocycles. The van der Waals surface area contributed by atoms with Gasteiger partial charge in [0.2, 0.25) is 0 Å². The molecule has 224 valence electrons. The number of nitrogens with zero attached hydrogens (tertiary/aromatic N) is 2. The third kappa shape index (κ3) is 7.25. The standard InChI is InChI=1S/C24H23F7N3O6P/c1-12(15-8-16(23(26,27)28)11-17(9-15)24(29,30)31)40-21-20(13-2-4-18(25)5-3-13)14(6-7-39-21)10-19-32-22(35)34(33-19)41(36,37)38/h2-5,8-9,11-12,14,20-21H,6-7,10H2,1H3,(H,32,33,35)(H2,36,37,38)/t12-,14?,20-,21-/m1/s1. The van der Waals surface area contributed by atoms with E-state index in [0.29, 0.717) is 17.7 Å². The van der Waals surface area contributed by atoms with Crippen molar-refractivity contribution in [2.24, 2.45) is 5.92 Å². The van der Waals surface area contributed by atoms with Crippen molar-refractivity contribution in [1.29, 1.82) is 0 Å². The lowest BCUT2D eigenvalue weighted by Crippen LogP contribution is -2.38. The highest BCUT2D eigenvalue weighted by atomic mass is 31.2. The summed E-state index contributed by atoms with van der Waals surface area (Å²) >= 11 is 0. The lowest BCUT2D eigenvalue weighted by Gasteiger charge is -2.39. The van der Waals surface area contributed by atoms with Crippen LogP contribution in [0.2, 0.25) is 0 Å². The molecule has 1 saturated heterocycles. The summed E-state index contributed by atoms with van der Waals surface area (Å²) < 4.78 is 117. The molecule has 1 unspecified atom stereocenters. The van der Waals surface area contributed by atoms with Crippen molar-refractivity contribution in [2.45, 2.75) is 50.4 Å². The molecule has 0 amide bonds. The van der Waals surface area contributed by atoms with Gasteiger partial charge in [0.15, 0.2) is 6.29 Å². The van der Waals surface area contributed by atoms with Crippen LogP contribution < -0.4 is 5.69 Å². The molecule has 3 N–H and O–H groups in total. The zero-order valence-corrected chi connectivity index (χ0v) is 21.9. The van der Waals surface area contributed by atoms with Crippen LogP contribution in [-0.2, 0) is 32.8 Å². The van der Waals surface area contributed by atoms with Crippen molar-refractivity contribution in [3.05, 3.63) is 86.8 Å².